The molecule has 0 radical (unpaired) electrons. The molecular weight excluding hydrogens is 286 g/mol. The third-order valence-corrected chi connectivity index (χ3v) is 3.82. The summed E-state index contributed by atoms with van der Waals surface area (Å²) >= 11 is 6.17. The summed E-state index contributed by atoms with van der Waals surface area (Å²) in [5.74, 6) is 0.586. The maximum Gasteiger partial charge on any atom is 0.189 e. The highest BCUT2D eigenvalue weighted by atomic mass is 35.5. The molecule has 0 saturated carbocycles. The number of Topliss-reactive ketones (excluding diaryl/α,β-unsaturated/α-hetero) is 1. The lowest BCUT2D eigenvalue weighted by Crippen LogP contribution is -2.27. The van der Waals surface area contributed by atoms with Crippen LogP contribution >= 0.6 is 11.6 Å². The van der Waals surface area contributed by atoms with Gasteiger partial charge >= 0.3 is 0 Å². The van der Waals surface area contributed by atoms with Crippen LogP contribution in [0.25, 0.3) is 0 Å². The first-order valence-electron chi connectivity index (χ1n) is 7.40. The zero-order chi connectivity index (χ0) is 15.8. The maximum absolute atomic E-state index is 12.1. The molecule has 0 unspecified atom stereocenters. The fraction of sp³-hybridized carbons (Fsp3) is 0.471. The van der Waals surface area contributed by atoms with Gasteiger partial charge in [0.15, 0.2) is 5.78 Å². The van der Waals surface area contributed by atoms with Gasteiger partial charge in [0.2, 0.25) is 0 Å². The molecule has 0 bridgehead atoms. The smallest absolute Gasteiger partial charge is 0.189 e. The summed E-state index contributed by atoms with van der Waals surface area (Å²) in [6.07, 6.45) is 0.622. The molecule has 21 heavy (non-hydrogen) atoms. The van der Waals surface area contributed by atoms with E-state index in [2.05, 4.69) is 25.3 Å². The summed E-state index contributed by atoms with van der Waals surface area (Å²) in [5.41, 5.74) is 1.05. The summed E-state index contributed by atoms with van der Waals surface area (Å²) in [6, 6.07) is 5.18. The van der Waals surface area contributed by atoms with Crippen LogP contribution in [0.1, 0.15) is 37.6 Å². The molecule has 1 aromatic carbocycles. The van der Waals surface area contributed by atoms with Crippen LogP contribution in [0, 0.1) is 0 Å². The minimum atomic E-state index is -0.0998. The van der Waals surface area contributed by atoms with Crippen LogP contribution in [0.4, 0.5) is 0 Å². The van der Waals surface area contributed by atoms with E-state index in [1.165, 1.54) is 0 Å². The van der Waals surface area contributed by atoms with Crippen molar-refractivity contribution >= 4 is 17.4 Å². The Balaban J connectivity index is 2.66. The van der Waals surface area contributed by atoms with Crippen molar-refractivity contribution < 1.29 is 9.53 Å². The number of benzene rings is 1. The molecule has 1 aromatic rings. The largest absolute Gasteiger partial charge is 0.492 e. The van der Waals surface area contributed by atoms with Crippen LogP contribution < -0.4 is 4.74 Å². The molecule has 0 aliphatic carbocycles. The van der Waals surface area contributed by atoms with E-state index in [0.29, 0.717) is 34.9 Å². The first-order valence-corrected chi connectivity index (χ1v) is 7.78. The lowest BCUT2D eigenvalue weighted by atomic mass is 10.0. The third kappa shape index (κ3) is 5.18. The van der Waals surface area contributed by atoms with Crippen LogP contribution in [0.5, 0.6) is 5.75 Å². The lowest BCUT2D eigenvalue weighted by molar-refractivity contribution is 0.103. The minimum absolute atomic E-state index is 0.0998. The average Bonchev–Trinajstić information content (AvgIpc) is 2.50. The molecule has 0 atom stereocenters. The van der Waals surface area contributed by atoms with Gasteiger partial charge in [-0.05, 0) is 43.3 Å². The van der Waals surface area contributed by atoms with Crippen LogP contribution in [0.3, 0.4) is 0 Å². The quantitative estimate of drug-likeness (QED) is 0.505. The summed E-state index contributed by atoms with van der Waals surface area (Å²) in [6.45, 7) is 13.4. The standard InChI is InChI=1S/C17H24ClNO2/c1-5-13(4)17(20)15-9-8-14(12-16(15)18)21-11-10-19(6-2)7-3/h8-9,12H,4-7,10-11H2,1-3H3. The van der Waals surface area contributed by atoms with Gasteiger partial charge in [-0.15, -0.1) is 0 Å². The molecule has 0 fully saturated rings. The van der Waals surface area contributed by atoms with Gasteiger partial charge in [-0.3, -0.25) is 4.79 Å². The molecule has 0 aromatic heterocycles. The van der Waals surface area contributed by atoms with E-state index in [1.807, 2.05) is 6.92 Å². The molecular formula is C17H24ClNO2. The number of carbonyl (C=O) groups is 1. The Morgan fingerprint density at radius 3 is 2.48 bits per heavy atom. The van der Waals surface area contributed by atoms with E-state index in [1.54, 1.807) is 18.2 Å². The van der Waals surface area contributed by atoms with Gasteiger partial charge in [0.05, 0.1) is 5.02 Å². The molecule has 3 nitrogen and oxygen atoms in total. The second-order valence-corrected chi connectivity index (χ2v) is 5.21. The number of ketones is 1. The van der Waals surface area contributed by atoms with E-state index >= 15 is 0 Å². The summed E-state index contributed by atoms with van der Waals surface area (Å²) < 4.78 is 5.68. The fourth-order valence-corrected chi connectivity index (χ4v) is 2.21. The Morgan fingerprint density at radius 1 is 1.29 bits per heavy atom. The molecule has 0 amide bonds. The number of rotatable bonds is 9. The highest BCUT2D eigenvalue weighted by Crippen LogP contribution is 2.25. The van der Waals surface area contributed by atoms with Gasteiger partial charge in [0.25, 0.3) is 0 Å². The predicted molar refractivity (Wildman–Crippen MR) is 88.5 cm³/mol. The number of likely N-dealkylation sites (N-methyl/N-ethyl adjacent to an activating group) is 1. The second-order valence-electron chi connectivity index (χ2n) is 4.80. The van der Waals surface area contributed by atoms with E-state index < -0.39 is 0 Å². The van der Waals surface area contributed by atoms with E-state index in [0.717, 1.165) is 19.6 Å². The molecule has 0 aliphatic rings. The van der Waals surface area contributed by atoms with Crippen molar-refractivity contribution in [1.29, 1.82) is 0 Å². The van der Waals surface area contributed by atoms with Gasteiger partial charge in [-0.2, -0.15) is 0 Å². The Bertz CT molecular complexity index is 496. The number of halogens is 1. The SMILES string of the molecule is C=C(CC)C(=O)c1ccc(OCCN(CC)CC)cc1Cl. The first kappa shape index (κ1) is 17.7. The van der Waals surface area contributed by atoms with Crippen LogP contribution in [-0.4, -0.2) is 36.9 Å². The number of carbonyl (C=O) groups excluding carboxylic acids is 1. The van der Waals surface area contributed by atoms with Crippen LogP contribution in [0.15, 0.2) is 30.4 Å². The summed E-state index contributed by atoms with van der Waals surface area (Å²) in [7, 11) is 0. The van der Waals surface area contributed by atoms with Crippen molar-refractivity contribution in [2.24, 2.45) is 0 Å². The van der Waals surface area contributed by atoms with Crippen molar-refractivity contribution in [1.82, 2.24) is 4.90 Å². The number of allylic oxidation sites excluding steroid dienone is 1. The number of hydrogen-bond donors (Lipinski definition) is 0. The minimum Gasteiger partial charge on any atom is -0.492 e. The summed E-state index contributed by atoms with van der Waals surface area (Å²) in [5, 5.41) is 0.412. The zero-order valence-electron chi connectivity index (χ0n) is 13.1. The predicted octanol–water partition coefficient (Wildman–Crippen LogP) is 4.21. The zero-order valence-corrected chi connectivity index (χ0v) is 13.9. The van der Waals surface area contributed by atoms with E-state index in [-0.39, 0.29) is 5.78 Å². The Labute approximate surface area is 132 Å². The normalized spacial score (nSPS) is 10.7. The van der Waals surface area contributed by atoms with Crippen LogP contribution in [-0.2, 0) is 0 Å². The second kappa shape index (κ2) is 8.85. The molecule has 0 spiro atoms. The monoisotopic (exact) mass is 309 g/mol. The molecule has 0 saturated heterocycles. The number of nitrogens with zero attached hydrogens (tertiary/aromatic N) is 1. The molecule has 116 valence electrons. The van der Waals surface area contributed by atoms with Crippen molar-refractivity contribution in [2.75, 3.05) is 26.2 Å². The lowest BCUT2D eigenvalue weighted by Gasteiger charge is -2.18. The molecule has 4 heteroatoms. The van der Waals surface area contributed by atoms with Gasteiger partial charge in [0, 0.05) is 12.1 Å². The fourth-order valence-electron chi connectivity index (χ4n) is 1.95. The van der Waals surface area contributed by atoms with Crippen LogP contribution in [0.2, 0.25) is 5.02 Å². The molecule has 0 aliphatic heterocycles. The Kier molecular flexibility index (Phi) is 7.48. The molecule has 0 heterocycles. The maximum atomic E-state index is 12.1. The average molecular weight is 310 g/mol. The highest BCUT2D eigenvalue weighted by molar-refractivity contribution is 6.35. The van der Waals surface area contributed by atoms with Gasteiger partial charge in [-0.25, -0.2) is 0 Å². The molecule has 0 N–H and O–H groups in total. The van der Waals surface area contributed by atoms with E-state index in [9.17, 15) is 4.79 Å². The molecule has 1 rings (SSSR count). The Morgan fingerprint density at radius 2 is 1.95 bits per heavy atom. The summed E-state index contributed by atoms with van der Waals surface area (Å²) in [4.78, 5) is 14.3. The van der Waals surface area contributed by atoms with Gasteiger partial charge in [0.1, 0.15) is 12.4 Å². The van der Waals surface area contributed by atoms with E-state index in [4.69, 9.17) is 16.3 Å². The third-order valence-electron chi connectivity index (χ3n) is 3.50. The number of ether oxygens (including phenoxy) is 1. The van der Waals surface area contributed by atoms with Crippen molar-refractivity contribution in [3.8, 4) is 5.75 Å². The van der Waals surface area contributed by atoms with Crippen molar-refractivity contribution in [3.63, 3.8) is 0 Å². The highest BCUT2D eigenvalue weighted by Gasteiger charge is 2.13. The van der Waals surface area contributed by atoms with Gasteiger partial charge < -0.3 is 9.64 Å². The first-order chi connectivity index (χ1) is 10.0. The number of hydrogen-bond acceptors (Lipinski definition) is 3. The topological polar surface area (TPSA) is 29.5 Å². The van der Waals surface area contributed by atoms with Crippen molar-refractivity contribution in [3.05, 3.63) is 40.9 Å². The van der Waals surface area contributed by atoms with Crippen molar-refractivity contribution in [2.45, 2.75) is 27.2 Å². The van der Waals surface area contributed by atoms with Gasteiger partial charge in [-0.1, -0.05) is 39.0 Å². The Hall–Kier alpha value is -1.32.